The highest BCUT2D eigenvalue weighted by Gasteiger charge is 2.35. The molecule has 76 heavy (non-hydrogen) atoms. The molecule has 11 aromatic rings. The maximum Gasteiger partial charge on any atom is 0.337 e. The van der Waals surface area contributed by atoms with Gasteiger partial charge in [0, 0.05) is 58.5 Å². The summed E-state index contributed by atoms with van der Waals surface area (Å²) in [6.45, 7) is 9.69. The Morgan fingerprint density at radius 1 is 0.342 bits per heavy atom. The first-order chi connectivity index (χ1) is 36.9. The molecule has 2 aliphatic rings. The summed E-state index contributed by atoms with van der Waals surface area (Å²) in [5.41, 5.74) is 9.71. The number of hydrogen-bond donors (Lipinski definition) is 2. The molecule has 11 aromatic carbocycles. The Labute approximate surface area is 438 Å². The van der Waals surface area contributed by atoms with Crippen LogP contribution < -0.4 is 28.7 Å². The summed E-state index contributed by atoms with van der Waals surface area (Å²) in [4.78, 5) is 29.9. The summed E-state index contributed by atoms with van der Waals surface area (Å²) in [5.74, 6) is 2.84. The standard InChI is InChI=1S/C66H50N2O8/c1-37-13-21-45(22-14-37)73-53-29-41-33-67(51-11-7-5-9-49(51)65(69)70)34-42-31-55(75-47-25-17-39(3)18-26-47)61-62-56(76-48-27-19-40(4)20-28-48)32-44-36-68(52-12-8-6-10-50(52)66(71)72)35-43-30-54(74-46-23-15-38(2)16-24-46)60(64(62)58(43)44)59(53)63(61)57(41)42/h5-32H,33-36H2,1-4H3,(H,69,70)(H,71,72). The summed E-state index contributed by atoms with van der Waals surface area (Å²) in [6, 6.07) is 54.8. The first kappa shape index (κ1) is 46.3. The Morgan fingerprint density at radius 3 is 0.842 bits per heavy atom. The molecule has 2 aliphatic heterocycles. The number of fused-ring (bicyclic) bond motifs is 2. The number of anilines is 2. The number of benzene rings is 11. The maximum absolute atomic E-state index is 12.9. The predicted octanol–water partition coefficient (Wildman–Crippen LogP) is 16.6. The second kappa shape index (κ2) is 18.1. The first-order valence-electron chi connectivity index (χ1n) is 25.4. The largest absolute Gasteiger partial charge is 0.478 e. The van der Waals surface area contributed by atoms with Crippen LogP contribution in [0, 0.1) is 27.7 Å². The van der Waals surface area contributed by atoms with Crippen LogP contribution in [-0.4, -0.2) is 22.2 Å². The molecule has 10 nitrogen and oxygen atoms in total. The molecule has 10 heteroatoms. The zero-order chi connectivity index (χ0) is 51.9. The van der Waals surface area contributed by atoms with Crippen molar-refractivity contribution in [2.24, 2.45) is 0 Å². The smallest absolute Gasteiger partial charge is 0.337 e. The number of para-hydroxylation sites is 2. The van der Waals surface area contributed by atoms with E-state index in [1.807, 2.05) is 149 Å². The summed E-state index contributed by atoms with van der Waals surface area (Å²) >= 11 is 0. The Kier molecular flexibility index (Phi) is 11.0. The topological polar surface area (TPSA) is 118 Å². The summed E-state index contributed by atoms with van der Waals surface area (Å²) < 4.78 is 29.0. The fraction of sp³-hybridized carbons (Fsp3) is 0.121. The highest BCUT2D eigenvalue weighted by molar-refractivity contribution is 6.39. The monoisotopic (exact) mass is 998 g/mol. The number of rotatable bonds is 12. The second-order valence-corrected chi connectivity index (χ2v) is 20.2. The molecule has 372 valence electrons. The average Bonchev–Trinajstić information content (AvgIpc) is 3.61. The van der Waals surface area contributed by atoms with Gasteiger partial charge in [-0.15, -0.1) is 0 Å². The van der Waals surface area contributed by atoms with Crippen LogP contribution in [0.2, 0.25) is 0 Å². The lowest BCUT2D eigenvalue weighted by Crippen LogP contribution is -2.28. The third kappa shape index (κ3) is 7.97. The number of carboxylic acid groups (broad SMARTS) is 2. The molecule has 0 unspecified atom stereocenters. The second-order valence-electron chi connectivity index (χ2n) is 20.2. The van der Waals surface area contributed by atoms with Crippen LogP contribution >= 0.6 is 0 Å². The van der Waals surface area contributed by atoms with Crippen LogP contribution in [0.15, 0.2) is 170 Å². The van der Waals surface area contributed by atoms with E-state index in [4.69, 9.17) is 18.9 Å². The third-order valence-corrected chi connectivity index (χ3v) is 14.9. The van der Waals surface area contributed by atoms with E-state index in [2.05, 4.69) is 34.1 Å². The molecule has 13 rings (SSSR count). The molecule has 0 atom stereocenters. The van der Waals surface area contributed by atoms with Crippen LogP contribution in [0.4, 0.5) is 11.4 Å². The minimum atomic E-state index is -1.01. The lowest BCUT2D eigenvalue weighted by molar-refractivity contribution is 0.0686. The lowest BCUT2D eigenvalue weighted by Gasteiger charge is -2.35. The van der Waals surface area contributed by atoms with E-state index in [9.17, 15) is 19.8 Å². The molecular weight excluding hydrogens is 949 g/mol. The average molecular weight is 999 g/mol. The number of ether oxygens (including phenoxy) is 4. The summed E-state index contributed by atoms with van der Waals surface area (Å²) in [5, 5.41) is 28.0. The van der Waals surface area contributed by atoms with Gasteiger partial charge in [-0.2, -0.15) is 0 Å². The summed E-state index contributed by atoms with van der Waals surface area (Å²) in [6.07, 6.45) is 0. The molecular formula is C66H50N2O8. The maximum atomic E-state index is 12.9. The van der Waals surface area contributed by atoms with E-state index in [-0.39, 0.29) is 11.1 Å². The normalized spacial score (nSPS) is 12.9. The fourth-order valence-electron chi connectivity index (χ4n) is 11.4. The number of carboxylic acids is 2. The molecule has 0 saturated carbocycles. The fourth-order valence-corrected chi connectivity index (χ4v) is 11.4. The molecule has 0 bridgehead atoms. The van der Waals surface area contributed by atoms with Gasteiger partial charge in [0.2, 0.25) is 0 Å². The van der Waals surface area contributed by atoms with E-state index in [0.29, 0.717) is 83.5 Å². The van der Waals surface area contributed by atoms with Gasteiger partial charge in [-0.05, 0) is 158 Å². The van der Waals surface area contributed by atoms with Gasteiger partial charge in [0.25, 0.3) is 0 Å². The van der Waals surface area contributed by atoms with Crippen molar-refractivity contribution in [2.45, 2.75) is 53.9 Å². The van der Waals surface area contributed by atoms with Gasteiger partial charge in [0.1, 0.15) is 46.0 Å². The molecule has 0 saturated heterocycles. The van der Waals surface area contributed by atoms with Crippen LogP contribution in [0.5, 0.6) is 46.0 Å². The SMILES string of the molecule is Cc1ccc(Oc2cc3c4c(cc(Oc5ccc(C)cc5)c5c6c(Oc7ccc(C)cc7)cc7c8c(cc(Oc9ccc(C)cc9)c(c2c45)c86)CN(c2ccccc2C(=O)O)C7)CN(c2ccccc2C(=O)O)C3)cc1. The zero-order valence-electron chi connectivity index (χ0n) is 42.2. The van der Waals surface area contributed by atoms with Crippen molar-refractivity contribution >= 4 is 66.4 Å². The number of aromatic carboxylic acids is 2. The van der Waals surface area contributed by atoms with Crippen molar-refractivity contribution < 1.29 is 38.7 Å². The predicted molar refractivity (Wildman–Crippen MR) is 299 cm³/mol. The molecule has 0 radical (unpaired) electrons. The van der Waals surface area contributed by atoms with Gasteiger partial charge in [-0.1, -0.05) is 95.1 Å². The van der Waals surface area contributed by atoms with Gasteiger partial charge in [-0.25, -0.2) is 9.59 Å². The Balaban J connectivity index is 1.21. The Morgan fingerprint density at radius 2 is 0.592 bits per heavy atom. The van der Waals surface area contributed by atoms with E-state index in [1.54, 1.807) is 24.3 Å². The van der Waals surface area contributed by atoms with Gasteiger partial charge >= 0.3 is 11.9 Å². The minimum absolute atomic E-state index is 0.207. The van der Waals surface area contributed by atoms with Crippen molar-refractivity contribution in [3.63, 3.8) is 0 Å². The zero-order valence-corrected chi connectivity index (χ0v) is 42.2. The number of nitrogens with zero attached hydrogens (tertiary/aromatic N) is 2. The lowest BCUT2D eigenvalue weighted by atomic mass is 9.81. The minimum Gasteiger partial charge on any atom is -0.478 e. The molecule has 0 amide bonds. The summed E-state index contributed by atoms with van der Waals surface area (Å²) in [7, 11) is 0. The van der Waals surface area contributed by atoms with Crippen molar-refractivity contribution in [1.29, 1.82) is 0 Å². The van der Waals surface area contributed by atoms with Gasteiger partial charge in [0.15, 0.2) is 0 Å². The van der Waals surface area contributed by atoms with E-state index in [0.717, 1.165) is 87.6 Å². The third-order valence-electron chi connectivity index (χ3n) is 14.9. The highest BCUT2D eigenvalue weighted by atomic mass is 16.5. The van der Waals surface area contributed by atoms with Crippen molar-refractivity contribution in [3.05, 3.63) is 225 Å². The molecule has 0 spiro atoms. The van der Waals surface area contributed by atoms with Crippen molar-refractivity contribution in [3.8, 4) is 46.0 Å². The van der Waals surface area contributed by atoms with E-state index < -0.39 is 11.9 Å². The Bertz CT molecular complexity index is 3680. The first-order valence-corrected chi connectivity index (χ1v) is 25.4. The van der Waals surface area contributed by atoms with Crippen molar-refractivity contribution in [1.82, 2.24) is 0 Å². The molecule has 0 aromatic heterocycles. The molecule has 2 heterocycles. The van der Waals surface area contributed by atoms with Crippen LogP contribution in [0.1, 0.15) is 65.2 Å². The van der Waals surface area contributed by atoms with Gasteiger partial charge < -0.3 is 39.0 Å². The van der Waals surface area contributed by atoms with Crippen LogP contribution in [0.25, 0.3) is 43.1 Å². The van der Waals surface area contributed by atoms with Crippen LogP contribution in [0.3, 0.4) is 0 Å². The quantitative estimate of drug-likeness (QED) is 0.0905. The highest BCUT2D eigenvalue weighted by Crippen LogP contribution is 2.58. The van der Waals surface area contributed by atoms with E-state index >= 15 is 0 Å². The molecule has 2 N–H and O–H groups in total. The number of aryl methyl sites for hydroxylation is 4. The molecule has 0 fully saturated rings. The van der Waals surface area contributed by atoms with Crippen molar-refractivity contribution in [2.75, 3.05) is 9.80 Å². The van der Waals surface area contributed by atoms with E-state index in [1.165, 1.54) is 0 Å². The Hall–Kier alpha value is -9.54. The number of carbonyl (C=O) groups is 2. The van der Waals surface area contributed by atoms with Gasteiger partial charge in [-0.3, -0.25) is 0 Å². The van der Waals surface area contributed by atoms with Gasteiger partial charge in [0.05, 0.1) is 22.5 Å². The number of hydrogen-bond acceptors (Lipinski definition) is 8. The molecule has 0 aliphatic carbocycles. The van der Waals surface area contributed by atoms with Crippen LogP contribution in [-0.2, 0) is 26.2 Å².